The molecule has 0 unspecified atom stereocenters. The van der Waals surface area contributed by atoms with Crippen LogP contribution in [-0.4, -0.2) is 26.9 Å². The van der Waals surface area contributed by atoms with Gasteiger partial charge in [0.2, 0.25) is 10.0 Å². The Hall–Kier alpha value is -1.40. The van der Waals surface area contributed by atoms with Crippen LogP contribution in [0.25, 0.3) is 0 Å². The summed E-state index contributed by atoms with van der Waals surface area (Å²) in [7, 11) is -2.23. The van der Waals surface area contributed by atoms with Crippen molar-refractivity contribution in [2.45, 2.75) is 51.5 Å². The number of benzene rings is 1. The van der Waals surface area contributed by atoms with Gasteiger partial charge in [-0.25, -0.2) is 13.1 Å². The molecule has 5 nitrogen and oxygen atoms in total. The Balaban J connectivity index is 3.32. The van der Waals surface area contributed by atoms with Gasteiger partial charge in [-0.2, -0.15) is 0 Å². The lowest BCUT2D eigenvalue weighted by Crippen LogP contribution is -2.42. The van der Waals surface area contributed by atoms with Gasteiger partial charge in [0.25, 0.3) is 5.91 Å². The maximum absolute atomic E-state index is 12.3. The second kappa shape index (κ2) is 6.15. The molecule has 0 spiro atoms. The van der Waals surface area contributed by atoms with Crippen LogP contribution in [0.2, 0.25) is 0 Å². The highest BCUT2D eigenvalue weighted by atomic mass is 32.2. The van der Waals surface area contributed by atoms with Gasteiger partial charge in [0.1, 0.15) is 0 Å². The van der Waals surface area contributed by atoms with E-state index in [-0.39, 0.29) is 16.3 Å². The number of amides is 1. The molecule has 0 saturated carbocycles. The molecule has 0 aliphatic rings. The molecule has 21 heavy (non-hydrogen) atoms. The van der Waals surface area contributed by atoms with Gasteiger partial charge in [0.05, 0.1) is 4.90 Å². The van der Waals surface area contributed by atoms with Crippen molar-refractivity contribution in [1.29, 1.82) is 0 Å². The predicted octanol–water partition coefficient (Wildman–Crippen LogP) is 2.13. The molecule has 1 aromatic carbocycles. The van der Waals surface area contributed by atoms with E-state index in [0.29, 0.717) is 11.1 Å². The third-order valence-electron chi connectivity index (χ3n) is 3.78. The Morgan fingerprint density at radius 1 is 1.24 bits per heavy atom. The molecule has 1 aromatic rings. The molecule has 2 N–H and O–H groups in total. The molecule has 0 saturated heterocycles. The van der Waals surface area contributed by atoms with Crippen molar-refractivity contribution in [2.75, 3.05) is 7.05 Å². The third-order valence-corrected chi connectivity index (χ3v) is 5.32. The van der Waals surface area contributed by atoms with Crippen LogP contribution in [0.1, 0.15) is 48.7 Å². The summed E-state index contributed by atoms with van der Waals surface area (Å²) in [5.41, 5.74) is 1.44. The first-order valence-electron chi connectivity index (χ1n) is 6.91. The molecule has 0 atom stereocenters. The lowest BCUT2D eigenvalue weighted by Gasteiger charge is -2.25. The monoisotopic (exact) mass is 312 g/mol. The van der Waals surface area contributed by atoms with Crippen LogP contribution in [0, 0.1) is 13.8 Å². The molecule has 0 aromatic heterocycles. The summed E-state index contributed by atoms with van der Waals surface area (Å²) < 4.78 is 26.4. The van der Waals surface area contributed by atoms with Crippen molar-refractivity contribution in [3.05, 3.63) is 28.8 Å². The van der Waals surface area contributed by atoms with E-state index in [9.17, 15) is 13.2 Å². The molecule has 0 bridgehead atoms. The summed E-state index contributed by atoms with van der Waals surface area (Å²) in [6.45, 7) is 9.37. The first-order chi connectivity index (χ1) is 9.54. The van der Waals surface area contributed by atoms with E-state index >= 15 is 0 Å². The Morgan fingerprint density at radius 2 is 1.81 bits per heavy atom. The Kier molecular flexibility index (Phi) is 5.17. The molecule has 6 heteroatoms. The average molecular weight is 312 g/mol. The van der Waals surface area contributed by atoms with Gasteiger partial charge >= 0.3 is 0 Å². The summed E-state index contributed by atoms with van der Waals surface area (Å²) in [6.07, 6.45) is 0.783. The van der Waals surface area contributed by atoms with E-state index in [1.165, 1.54) is 13.1 Å². The molecule has 0 aliphatic carbocycles. The van der Waals surface area contributed by atoms with E-state index < -0.39 is 10.0 Å². The SMILES string of the molecule is CCC(C)(C)NC(=O)c1cc(C)c(C)c(S(=O)(=O)NC)c1. The quantitative estimate of drug-likeness (QED) is 0.874. The highest BCUT2D eigenvalue weighted by Gasteiger charge is 2.22. The standard InChI is InChI=1S/C15H24N2O3S/c1-7-15(4,5)17-14(18)12-8-10(2)11(3)13(9-12)21(19,20)16-6/h8-9,16H,7H2,1-6H3,(H,17,18). The molecule has 1 rings (SSSR count). The van der Waals surface area contributed by atoms with Gasteiger partial charge < -0.3 is 5.32 Å². The van der Waals surface area contributed by atoms with Gasteiger partial charge in [-0.1, -0.05) is 6.92 Å². The number of carbonyl (C=O) groups is 1. The number of hydrogen-bond acceptors (Lipinski definition) is 3. The van der Waals surface area contributed by atoms with Crippen LogP contribution in [0.5, 0.6) is 0 Å². The lowest BCUT2D eigenvalue weighted by atomic mass is 10.0. The number of aryl methyl sites for hydroxylation is 1. The van der Waals surface area contributed by atoms with Crippen molar-refractivity contribution in [3.8, 4) is 0 Å². The Morgan fingerprint density at radius 3 is 2.29 bits per heavy atom. The zero-order valence-corrected chi connectivity index (χ0v) is 14.3. The zero-order valence-electron chi connectivity index (χ0n) is 13.5. The van der Waals surface area contributed by atoms with Crippen LogP contribution in [0.15, 0.2) is 17.0 Å². The van der Waals surface area contributed by atoms with Crippen molar-refractivity contribution in [3.63, 3.8) is 0 Å². The van der Waals surface area contributed by atoms with Gasteiger partial charge in [-0.05, 0) is 64.4 Å². The van der Waals surface area contributed by atoms with Crippen molar-refractivity contribution < 1.29 is 13.2 Å². The minimum Gasteiger partial charge on any atom is -0.347 e. The van der Waals surface area contributed by atoms with Crippen LogP contribution < -0.4 is 10.0 Å². The van der Waals surface area contributed by atoms with E-state index in [1.807, 2.05) is 20.8 Å². The fraction of sp³-hybridized carbons (Fsp3) is 0.533. The zero-order chi connectivity index (χ0) is 16.4. The fourth-order valence-corrected chi connectivity index (χ4v) is 2.88. The minimum atomic E-state index is -3.59. The molecule has 118 valence electrons. The Bertz CT molecular complexity index is 649. The highest BCUT2D eigenvalue weighted by molar-refractivity contribution is 7.89. The third kappa shape index (κ3) is 4.04. The van der Waals surface area contributed by atoms with Crippen molar-refractivity contribution in [2.24, 2.45) is 0 Å². The van der Waals surface area contributed by atoms with E-state index in [4.69, 9.17) is 0 Å². The number of hydrogen-bond donors (Lipinski definition) is 2. The molecule has 1 amide bonds. The van der Waals surface area contributed by atoms with E-state index in [0.717, 1.165) is 12.0 Å². The fourth-order valence-electron chi connectivity index (χ4n) is 1.82. The number of rotatable bonds is 5. The van der Waals surface area contributed by atoms with E-state index in [1.54, 1.807) is 19.9 Å². The van der Waals surface area contributed by atoms with E-state index in [2.05, 4.69) is 10.0 Å². The Labute approximate surface area is 127 Å². The molecular formula is C15H24N2O3S. The van der Waals surface area contributed by atoms with Crippen LogP contribution in [-0.2, 0) is 10.0 Å². The highest BCUT2D eigenvalue weighted by Crippen LogP contribution is 2.21. The van der Waals surface area contributed by atoms with Gasteiger partial charge in [-0.3, -0.25) is 4.79 Å². The average Bonchev–Trinajstić information content (AvgIpc) is 2.40. The second-order valence-electron chi connectivity index (χ2n) is 5.82. The summed E-state index contributed by atoms with van der Waals surface area (Å²) >= 11 is 0. The molecule has 0 fully saturated rings. The summed E-state index contributed by atoms with van der Waals surface area (Å²) in [5.74, 6) is -0.266. The second-order valence-corrected chi connectivity index (χ2v) is 7.67. The molecular weight excluding hydrogens is 288 g/mol. The molecule has 0 aliphatic heterocycles. The van der Waals surface area contributed by atoms with Gasteiger partial charge in [-0.15, -0.1) is 0 Å². The lowest BCUT2D eigenvalue weighted by molar-refractivity contribution is 0.0911. The number of nitrogens with one attached hydrogen (secondary N) is 2. The first kappa shape index (κ1) is 17.7. The summed E-state index contributed by atoms with van der Waals surface area (Å²) in [4.78, 5) is 12.5. The minimum absolute atomic E-state index is 0.143. The molecule has 0 heterocycles. The normalized spacial score (nSPS) is 12.3. The maximum atomic E-state index is 12.3. The molecule has 0 radical (unpaired) electrons. The largest absolute Gasteiger partial charge is 0.347 e. The predicted molar refractivity (Wildman–Crippen MR) is 84.0 cm³/mol. The number of carbonyl (C=O) groups excluding carboxylic acids is 1. The van der Waals surface area contributed by atoms with Crippen LogP contribution in [0.3, 0.4) is 0 Å². The van der Waals surface area contributed by atoms with Crippen LogP contribution >= 0.6 is 0 Å². The number of sulfonamides is 1. The maximum Gasteiger partial charge on any atom is 0.251 e. The van der Waals surface area contributed by atoms with Crippen molar-refractivity contribution >= 4 is 15.9 Å². The van der Waals surface area contributed by atoms with Crippen molar-refractivity contribution in [1.82, 2.24) is 10.0 Å². The smallest absolute Gasteiger partial charge is 0.251 e. The van der Waals surface area contributed by atoms with Gasteiger partial charge in [0, 0.05) is 11.1 Å². The first-order valence-corrected chi connectivity index (χ1v) is 8.39. The summed E-state index contributed by atoms with van der Waals surface area (Å²) in [6, 6.07) is 3.14. The van der Waals surface area contributed by atoms with Gasteiger partial charge in [0.15, 0.2) is 0 Å². The topological polar surface area (TPSA) is 75.3 Å². The van der Waals surface area contributed by atoms with Crippen LogP contribution in [0.4, 0.5) is 0 Å². The summed E-state index contributed by atoms with van der Waals surface area (Å²) in [5, 5.41) is 2.91.